The molecule has 0 fully saturated rings. The number of nitrogens with one attached hydrogen (secondary N) is 2. The lowest BCUT2D eigenvalue weighted by atomic mass is 10.2. The Morgan fingerprint density at radius 2 is 1.95 bits per heavy atom. The molecule has 0 aliphatic heterocycles. The fourth-order valence-corrected chi connectivity index (χ4v) is 1.66. The van der Waals surface area contributed by atoms with Gasteiger partial charge in [0.1, 0.15) is 11.3 Å². The van der Waals surface area contributed by atoms with Crippen molar-refractivity contribution >= 4 is 21.8 Å². The van der Waals surface area contributed by atoms with E-state index >= 15 is 0 Å². The molecule has 8 nitrogen and oxygen atoms in total. The van der Waals surface area contributed by atoms with E-state index in [1.165, 1.54) is 18.3 Å². The highest BCUT2D eigenvalue weighted by molar-refractivity contribution is 9.10. The van der Waals surface area contributed by atoms with Crippen LogP contribution in [0.25, 0.3) is 0 Å². The Bertz CT molecular complexity index is 719. The molecule has 22 heavy (non-hydrogen) atoms. The van der Waals surface area contributed by atoms with Crippen molar-refractivity contribution in [2.75, 3.05) is 0 Å². The van der Waals surface area contributed by atoms with E-state index < -0.39 is 17.5 Å². The van der Waals surface area contributed by atoms with Crippen molar-refractivity contribution in [3.63, 3.8) is 0 Å². The summed E-state index contributed by atoms with van der Waals surface area (Å²) < 4.78 is 29.4. The quantitative estimate of drug-likeness (QED) is 0.134. The number of nitrogens with two attached hydrogens (primary N) is 3. The lowest BCUT2D eigenvalue weighted by Crippen LogP contribution is -2.42. The highest BCUT2D eigenvalue weighted by Crippen LogP contribution is 2.23. The number of hydrogen-bond acceptors (Lipinski definition) is 6. The van der Waals surface area contributed by atoms with Crippen LogP contribution < -0.4 is 22.8 Å². The average Bonchev–Trinajstić information content (AvgIpc) is 2.46. The van der Waals surface area contributed by atoms with Crippen LogP contribution in [0.5, 0.6) is 0 Å². The predicted octanol–water partition coefficient (Wildman–Crippen LogP) is 1.16. The Morgan fingerprint density at radius 1 is 1.32 bits per heavy atom. The summed E-state index contributed by atoms with van der Waals surface area (Å²) in [6, 6.07) is 2.75. The van der Waals surface area contributed by atoms with Crippen LogP contribution in [0.15, 0.2) is 56.8 Å². The monoisotopic (exact) mass is 374 g/mol. The highest BCUT2D eigenvalue weighted by atomic mass is 79.9. The van der Waals surface area contributed by atoms with Gasteiger partial charge in [-0.2, -0.15) is 8.78 Å². The Morgan fingerprint density at radius 3 is 2.55 bits per heavy atom. The van der Waals surface area contributed by atoms with E-state index in [-0.39, 0.29) is 11.3 Å². The molecule has 1 aromatic rings. The number of halogens is 3. The van der Waals surface area contributed by atoms with Crippen LogP contribution in [-0.4, -0.2) is 16.3 Å². The number of nitrogens with zero attached hydrogens (tertiary/aromatic N) is 3. The topological polar surface area (TPSA) is 155 Å². The van der Waals surface area contributed by atoms with Crippen molar-refractivity contribution in [2.45, 2.75) is 5.92 Å². The second-order valence-corrected chi connectivity index (χ2v) is 4.87. The minimum absolute atomic E-state index is 0.232. The van der Waals surface area contributed by atoms with E-state index in [2.05, 4.69) is 26.3 Å². The van der Waals surface area contributed by atoms with Gasteiger partial charge in [0.2, 0.25) is 0 Å². The molecule has 0 aliphatic carbocycles. The normalized spacial score (nSPS) is 13.6. The Hall–Kier alpha value is -2.56. The van der Waals surface area contributed by atoms with Crippen LogP contribution in [0.3, 0.4) is 0 Å². The molecule has 8 N–H and O–H groups in total. The molecule has 0 saturated carbocycles. The number of alkyl halides is 2. The minimum atomic E-state index is -3.82. The molecule has 0 radical (unpaired) electrons. The summed E-state index contributed by atoms with van der Waals surface area (Å²) in [5.41, 5.74) is 9.35. The molecule has 0 saturated heterocycles. The molecule has 1 aromatic heterocycles. The predicted molar refractivity (Wildman–Crippen MR) is 79.6 cm³/mol. The standard InChI is InChI=1S/C11H13BrF2N8/c12-6-1-4-9(17)22(5-6)10(18)11(13,14)7(15)2-3-8(16)20-21-19/h1-5,17-18H,15-16H2,(H2,19,20)/b7-2-,8-3+,17-9?,18-10?. The minimum Gasteiger partial charge on any atom is -0.397 e. The molecule has 11 heteroatoms. The number of rotatable bonds is 4. The van der Waals surface area contributed by atoms with Crippen molar-refractivity contribution in [2.24, 2.45) is 27.6 Å². The van der Waals surface area contributed by atoms with Gasteiger partial charge in [-0.05, 0) is 40.2 Å². The van der Waals surface area contributed by atoms with Crippen LogP contribution in [0.4, 0.5) is 8.78 Å². The van der Waals surface area contributed by atoms with Gasteiger partial charge in [0.15, 0.2) is 5.84 Å². The molecule has 118 valence electrons. The van der Waals surface area contributed by atoms with Gasteiger partial charge in [0, 0.05) is 10.7 Å². The molecule has 0 unspecified atom stereocenters. The van der Waals surface area contributed by atoms with Gasteiger partial charge in [-0.25, -0.2) is 0 Å². The lowest BCUT2D eigenvalue weighted by molar-refractivity contribution is 0.113. The van der Waals surface area contributed by atoms with Gasteiger partial charge < -0.3 is 17.3 Å². The third-order valence-electron chi connectivity index (χ3n) is 2.42. The zero-order chi connectivity index (χ0) is 16.9. The van der Waals surface area contributed by atoms with E-state index in [1.807, 2.05) is 0 Å². The first kappa shape index (κ1) is 17.5. The molecule has 0 aromatic carbocycles. The SMILES string of the molecule is N=C(n1cc(Br)ccc1=N)C(F)(F)/C(N)=C/C=C(\N)N=NN. The summed E-state index contributed by atoms with van der Waals surface area (Å²) in [5.74, 6) is -0.483. The fourth-order valence-electron chi connectivity index (χ4n) is 1.33. The number of hydrogen-bond donors (Lipinski definition) is 5. The molecule has 1 heterocycles. The van der Waals surface area contributed by atoms with Crippen LogP contribution in [0, 0.1) is 10.8 Å². The summed E-state index contributed by atoms with van der Waals surface area (Å²) >= 11 is 3.08. The van der Waals surface area contributed by atoms with E-state index in [0.717, 1.165) is 12.2 Å². The maximum Gasteiger partial charge on any atom is 0.343 e. The van der Waals surface area contributed by atoms with Crippen molar-refractivity contribution in [3.05, 3.63) is 52.0 Å². The van der Waals surface area contributed by atoms with Crippen molar-refractivity contribution in [1.82, 2.24) is 4.57 Å². The van der Waals surface area contributed by atoms with Gasteiger partial charge in [0.25, 0.3) is 0 Å². The van der Waals surface area contributed by atoms with E-state index in [9.17, 15) is 8.78 Å². The third kappa shape index (κ3) is 3.97. The first-order valence-electron chi connectivity index (χ1n) is 5.64. The Kier molecular flexibility index (Phi) is 5.51. The third-order valence-corrected chi connectivity index (χ3v) is 2.89. The molecule has 0 bridgehead atoms. The molecular formula is C11H13BrF2N8. The number of allylic oxidation sites excluding steroid dienone is 3. The number of aromatic nitrogens is 1. The molecule has 0 atom stereocenters. The van der Waals surface area contributed by atoms with Gasteiger partial charge in [-0.3, -0.25) is 15.4 Å². The molecule has 0 spiro atoms. The molecule has 1 rings (SSSR count). The fraction of sp³-hybridized carbons (Fsp3) is 0.0909. The molecular weight excluding hydrogens is 362 g/mol. The second-order valence-electron chi connectivity index (χ2n) is 3.95. The van der Waals surface area contributed by atoms with Gasteiger partial charge in [-0.15, -0.1) is 5.11 Å². The van der Waals surface area contributed by atoms with Crippen molar-refractivity contribution in [3.8, 4) is 0 Å². The number of pyridine rings is 1. The summed E-state index contributed by atoms with van der Waals surface area (Å²) in [4.78, 5) is 0. The first-order valence-corrected chi connectivity index (χ1v) is 6.43. The Balaban J connectivity index is 3.20. The maximum atomic E-state index is 14.2. The zero-order valence-electron chi connectivity index (χ0n) is 11.1. The largest absolute Gasteiger partial charge is 0.397 e. The average molecular weight is 375 g/mol. The summed E-state index contributed by atoms with van der Waals surface area (Å²) in [6.45, 7) is 0. The van der Waals surface area contributed by atoms with Crippen LogP contribution >= 0.6 is 15.9 Å². The van der Waals surface area contributed by atoms with Crippen LogP contribution in [0.2, 0.25) is 0 Å². The highest BCUT2D eigenvalue weighted by Gasteiger charge is 2.39. The smallest absolute Gasteiger partial charge is 0.343 e. The molecule has 0 amide bonds. The zero-order valence-corrected chi connectivity index (χ0v) is 12.7. The Labute approximate surface area is 132 Å². The second kappa shape index (κ2) is 6.93. The summed E-state index contributed by atoms with van der Waals surface area (Å²) in [6.07, 6.45) is 2.93. The van der Waals surface area contributed by atoms with E-state index in [1.54, 1.807) is 0 Å². The van der Waals surface area contributed by atoms with Crippen LogP contribution in [-0.2, 0) is 0 Å². The van der Waals surface area contributed by atoms with E-state index in [4.69, 9.17) is 28.1 Å². The van der Waals surface area contributed by atoms with Gasteiger partial charge >= 0.3 is 5.92 Å². The molecule has 0 aliphatic rings. The summed E-state index contributed by atoms with van der Waals surface area (Å²) in [7, 11) is 0. The lowest BCUT2D eigenvalue weighted by Gasteiger charge is -2.19. The van der Waals surface area contributed by atoms with Gasteiger partial charge in [-0.1, -0.05) is 5.22 Å². The summed E-state index contributed by atoms with van der Waals surface area (Å²) in [5, 5.41) is 21.3. The van der Waals surface area contributed by atoms with Gasteiger partial charge in [0.05, 0.1) is 5.70 Å². The van der Waals surface area contributed by atoms with E-state index in [0.29, 0.717) is 9.04 Å². The first-order chi connectivity index (χ1) is 10.2. The van der Waals surface area contributed by atoms with Crippen molar-refractivity contribution < 1.29 is 8.78 Å². The van der Waals surface area contributed by atoms with Crippen LogP contribution in [0.1, 0.15) is 0 Å². The van der Waals surface area contributed by atoms with Crippen molar-refractivity contribution in [1.29, 1.82) is 10.8 Å². The maximum absolute atomic E-state index is 14.2.